The summed E-state index contributed by atoms with van der Waals surface area (Å²) in [5, 5.41) is 8.20. The van der Waals surface area contributed by atoms with E-state index < -0.39 is 5.97 Å². The number of aliphatic hydroxyl groups is 1. The van der Waals surface area contributed by atoms with Crippen molar-refractivity contribution in [3.8, 4) is 11.8 Å². The Morgan fingerprint density at radius 2 is 2.44 bits per heavy atom. The van der Waals surface area contributed by atoms with Crippen molar-refractivity contribution in [3.05, 3.63) is 0 Å². The summed E-state index contributed by atoms with van der Waals surface area (Å²) in [5.41, 5.74) is 0. The molecule has 1 N–H and O–H groups in total. The van der Waals surface area contributed by atoms with Crippen LogP contribution in [0.4, 0.5) is 0 Å². The minimum atomic E-state index is -0.566. The average molecular weight is 128 g/mol. The van der Waals surface area contributed by atoms with Gasteiger partial charge < -0.3 is 9.84 Å². The SMILES string of the molecule is COC(=O)C#CCCO. The predicted molar refractivity (Wildman–Crippen MR) is 31.5 cm³/mol. The van der Waals surface area contributed by atoms with Gasteiger partial charge in [-0.25, -0.2) is 4.79 Å². The van der Waals surface area contributed by atoms with Crippen LogP contribution in [-0.2, 0) is 9.53 Å². The number of carbonyl (C=O) groups excluding carboxylic acids is 1. The maximum Gasteiger partial charge on any atom is 0.384 e. The lowest BCUT2D eigenvalue weighted by Gasteiger charge is -1.83. The molecule has 3 nitrogen and oxygen atoms in total. The second-order valence-corrected chi connectivity index (χ2v) is 1.27. The highest BCUT2D eigenvalue weighted by atomic mass is 16.5. The van der Waals surface area contributed by atoms with Gasteiger partial charge >= 0.3 is 5.97 Å². The van der Waals surface area contributed by atoms with Gasteiger partial charge in [-0.2, -0.15) is 0 Å². The Kier molecular flexibility index (Phi) is 4.56. The third kappa shape index (κ3) is 4.85. The highest BCUT2D eigenvalue weighted by molar-refractivity contribution is 5.88. The summed E-state index contributed by atoms with van der Waals surface area (Å²) in [6, 6.07) is 0. The first-order valence-electron chi connectivity index (χ1n) is 2.49. The number of aliphatic hydroxyl groups excluding tert-OH is 1. The Morgan fingerprint density at radius 3 is 2.89 bits per heavy atom. The number of hydrogen-bond acceptors (Lipinski definition) is 3. The fourth-order valence-electron chi connectivity index (χ4n) is 0.242. The fourth-order valence-corrected chi connectivity index (χ4v) is 0.242. The fraction of sp³-hybridized carbons (Fsp3) is 0.500. The van der Waals surface area contributed by atoms with Gasteiger partial charge in [0.05, 0.1) is 13.7 Å². The first-order valence-corrected chi connectivity index (χ1v) is 2.49. The Bertz CT molecular complexity index is 140. The molecule has 0 rings (SSSR count). The number of hydrogen-bond donors (Lipinski definition) is 1. The summed E-state index contributed by atoms with van der Waals surface area (Å²) in [7, 11) is 1.26. The molecule has 0 aliphatic rings. The minimum Gasteiger partial charge on any atom is -0.459 e. The van der Waals surface area contributed by atoms with Gasteiger partial charge in [0, 0.05) is 12.3 Å². The summed E-state index contributed by atoms with van der Waals surface area (Å²) in [5.74, 6) is 4.01. The normalized spacial score (nSPS) is 7.33. The molecular formula is C6H8O3. The molecule has 0 aromatic heterocycles. The Hall–Kier alpha value is -1.01. The van der Waals surface area contributed by atoms with Gasteiger partial charge in [0.2, 0.25) is 0 Å². The van der Waals surface area contributed by atoms with Crippen molar-refractivity contribution < 1.29 is 14.6 Å². The van der Waals surface area contributed by atoms with Crippen molar-refractivity contribution in [1.82, 2.24) is 0 Å². The molecule has 0 spiro atoms. The Balaban J connectivity index is 3.46. The summed E-state index contributed by atoms with van der Waals surface area (Å²) in [6.07, 6.45) is 0.315. The van der Waals surface area contributed by atoms with Gasteiger partial charge in [-0.15, -0.1) is 0 Å². The van der Waals surface area contributed by atoms with E-state index in [2.05, 4.69) is 16.6 Å². The van der Waals surface area contributed by atoms with Crippen molar-refractivity contribution in [1.29, 1.82) is 0 Å². The number of carbonyl (C=O) groups is 1. The van der Waals surface area contributed by atoms with Crippen molar-refractivity contribution in [2.24, 2.45) is 0 Å². The van der Waals surface area contributed by atoms with Gasteiger partial charge in [-0.1, -0.05) is 5.92 Å². The Labute approximate surface area is 53.6 Å². The zero-order chi connectivity index (χ0) is 7.11. The van der Waals surface area contributed by atoms with E-state index in [9.17, 15) is 4.79 Å². The minimum absolute atomic E-state index is 0.0238. The van der Waals surface area contributed by atoms with Crippen molar-refractivity contribution in [2.75, 3.05) is 13.7 Å². The van der Waals surface area contributed by atoms with Crippen LogP contribution in [0.15, 0.2) is 0 Å². The van der Waals surface area contributed by atoms with E-state index in [-0.39, 0.29) is 6.61 Å². The molecule has 0 saturated carbocycles. The largest absolute Gasteiger partial charge is 0.459 e. The second-order valence-electron chi connectivity index (χ2n) is 1.27. The molecule has 0 radical (unpaired) electrons. The van der Waals surface area contributed by atoms with Gasteiger partial charge in [0.15, 0.2) is 0 Å². The zero-order valence-electron chi connectivity index (χ0n) is 5.18. The predicted octanol–water partition coefficient (Wildman–Crippen LogP) is -0.455. The van der Waals surface area contributed by atoms with E-state index >= 15 is 0 Å². The standard InChI is InChI=1S/C6H8O3/c1-9-6(8)4-2-3-5-7/h7H,3,5H2,1H3. The molecule has 0 amide bonds. The molecule has 9 heavy (non-hydrogen) atoms. The van der Waals surface area contributed by atoms with Crippen LogP contribution in [-0.4, -0.2) is 24.8 Å². The lowest BCUT2D eigenvalue weighted by molar-refractivity contribution is -0.133. The van der Waals surface area contributed by atoms with Crippen molar-refractivity contribution in [2.45, 2.75) is 6.42 Å². The molecule has 0 aromatic rings. The number of rotatable bonds is 1. The van der Waals surface area contributed by atoms with Crippen LogP contribution in [0.3, 0.4) is 0 Å². The number of methoxy groups -OCH3 is 1. The molecule has 0 fully saturated rings. The molecule has 0 atom stereocenters. The number of ether oxygens (including phenoxy) is 1. The molecule has 0 aromatic carbocycles. The molecule has 50 valence electrons. The van der Waals surface area contributed by atoms with Crippen LogP contribution in [0.2, 0.25) is 0 Å². The lowest BCUT2D eigenvalue weighted by atomic mass is 10.4. The molecule has 0 saturated heterocycles. The maximum atomic E-state index is 10.2. The smallest absolute Gasteiger partial charge is 0.384 e. The van der Waals surface area contributed by atoms with Crippen LogP contribution >= 0.6 is 0 Å². The molecule has 0 aliphatic heterocycles. The molecule has 0 unspecified atom stereocenters. The monoisotopic (exact) mass is 128 g/mol. The summed E-state index contributed by atoms with van der Waals surface area (Å²) >= 11 is 0. The highest BCUT2D eigenvalue weighted by Gasteiger charge is 1.86. The molecule has 0 bridgehead atoms. The third-order valence-corrected chi connectivity index (χ3v) is 0.613. The van der Waals surface area contributed by atoms with E-state index in [1.54, 1.807) is 0 Å². The van der Waals surface area contributed by atoms with Crippen LogP contribution in [0.1, 0.15) is 6.42 Å². The summed E-state index contributed by atoms with van der Waals surface area (Å²) in [6.45, 7) is -0.0238. The summed E-state index contributed by atoms with van der Waals surface area (Å²) < 4.78 is 4.20. The van der Waals surface area contributed by atoms with Gasteiger partial charge in [0.1, 0.15) is 0 Å². The van der Waals surface area contributed by atoms with Crippen LogP contribution in [0.5, 0.6) is 0 Å². The van der Waals surface area contributed by atoms with E-state index in [0.717, 1.165) is 0 Å². The molecule has 0 aliphatic carbocycles. The quantitative estimate of drug-likeness (QED) is 0.295. The van der Waals surface area contributed by atoms with Gasteiger partial charge in [-0.3, -0.25) is 0 Å². The zero-order valence-corrected chi connectivity index (χ0v) is 5.18. The van der Waals surface area contributed by atoms with Crippen LogP contribution in [0, 0.1) is 11.8 Å². The topological polar surface area (TPSA) is 46.5 Å². The van der Waals surface area contributed by atoms with Gasteiger partial charge in [-0.05, 0) is 0 Å². The average Bonchev–Trinajstić information content (AvgIpc) is 1.89. The van der Waals surface area contributed by atoms with Crippen molar-refractivity contribution >= 4 is 5.97 Å². The molecule has 0 heterocycles. The van der Waals surface area contributed by atoms with E-state index in [4.69, 9.17) is 5.11 Å². The lowest BCUT2D eigenvalue weighted by Crippen LogP contribution is -1.94. The van der Waals surface area contributed by atoms with E-state index in [1.165, 1.54) is 7.11 Å². The van der Waals surface area contributed by atoms with E-state index in [1.807, 2.05) is 0 Å². The maximum absolute atomic E-state index is 10.2. The Morgan fingerprint density at radius 1 is 1.78 bits per heavy atom. The van der Waals surface area contributed by atoms with Crippen molar-refractivity contribution in [3.63, 3.8) is 0 Å². The second kappa shape index (κ2) is 5.13. The molecule has 3 heteroatoms. The summed E-state index contributed by atoms with van der Waals surface area (Å²) in [4.78, 5) is 10.2. The van der Waals surface area contributed by atoms with Gasteiger partial charge in [0.25, 0.3) is 0 Å². The first-order chi connectivity index (χ1) is 4.31. The number of esters is 1. The van der Waals surface area contributed by atoms with Crippen LogP contribution in [0.25, 0.3) is 0 Å². The first kappa shape index (κ1) is 7.99. The van der Waals surface area contributed by atoms with E-state index in [0.29, 0.717) is 6.42 Å². The molecular weight excluding hydrogens is 120 g/mol. The van der Waals surface area contributed by atoms with Crippen LogP contribution < -0.4 is 0 Å². The third-order valence-electron chi connectivity index (χ3n) is 0.613. The highest BCUT2D eigenvalue weighted by Crippen LogP contribution is 1.71.